The van der Waals surface area contributed by atoms with Crippen LogP contribution in [-0.4, -0.2) is 43.0 Å². The molecule has 1 rings (SSSR count). The summed E-state index contributed by atoms with van der Waals surface area (Å²) in [5.74, 6) is 0.422. The first-order valence-electron chi connectivity index (χ1n) is 5.91. The highest BCUT2D eigenvalue weighted by Gasteiger charge is 2.19. The minimum atomic E-state index is -0.405. The minimum absolute atomic E-state index is 0.222. The Morgan fingerprint density at radius 3 is 2.81 bits per heavy atom. The number of urea groups is 1. The largest absolute Gasteiger partial charge is 0.338 e. The van der Waals surface area contributed by atoms with Crippen molar-refractivity contribution in [2.45, 2.75) is 26.7 Å². The van der Waals surface area contributed by atoms with Crippen LogP contribution in [0.4, 0.5) is 4.79 Å². The molecule has 1 atom stereocenters. The van der Waals surface area contributed by atoms with Crippen molar-refractivity contribution in [1.82, 2.24) is 15.5 Å². The zero-order chi connectivity index (χ0) is 12.0. The molecule has 92 valence electrons. The van der Waals surface area contributed by atoms with E-state index in [0.29, 0.717) is 19.0 Å². The van der Waals surface area contributed by atoms with Gasteiger partial charge in [-0.2, -0.15) is 0 Å². The molecular formula is C11H21N3O2. The molecule has 1 saturated heterocycles. The van der Waals surface area contributed by atoms with Crippen LogP contribution in [0.1, 0.15) is 26.7 Å². The normalized spacial score (nSPS) is 21.5. The molecule has 5 nitrogen and oxygen atoms in total. The number of amides is 3. The quantitative estimate of drug-likeness (QED) is 0.740. The first-order valence-corrected chi connectivity index (χ1v) is 5.91. The van der Waals surface area contributed by atoms with Gasteiger partial charge in [-0.05, 0) is 32.2 Å². The molecule has 0 bridgehead atoms. The van der Waals surface area contributed by atoms with E-state index in [1.807, 2.05) is 6.92 Å². The van der Waals surface area contributed by atoms with E-state index in [1.54, 1.807) is 0 Å². The van der Waals surface area contributed by atoms with Crippen LogP contribution < -0.4 is 10.6 Å². The van der Waals surface area contributed by atoms with E-state index < -0.39 is 6.03 Å². The lowest BCUT2D eigenvalue weighted by Crippen LogP contribution is -2.46. The van der Waals surface area contributed by atoms with Gasteiger partial charge >= 0.3 is 6.03 Å². The fourth-order valence-electron chi connectivity index (χ4n) is 2.00. The van der Waals surface area contributed by atoms with E-state index in [9.17, 15) is 9.59 Å². The van der Waals surface area contributed by atoms with E-state index in [0.717, 1.165) is 19.5 Å². The summed E-state index contributed by atoms with van der Waals surface area (Å²) in [6.45, 7) is 6.75. The highest BCUT2D eigenvalue weighted by Crippen LogP contribution is 2.14. The van der Waals surface area contributed by atoms with Gasteiger partial charge in [0.1, 0.15) is 0 Å². The molecule has 5 heteroatoms. The van der Waals surface area contributed by atoms with Gasteiger partial charge in [-0.3, -0.25) is 15.0 Å². The van der Waals surface area contributed by atoms with Gasteiger partial charge in [-0.15, -0.1) is 0 Å². The van der Waals surface area contributed by atoms with Crippen molar-refractivity contribution in [3.05, 3.63) is 0 Å². The molecule has 1 aliphatic heterocycles. The van der Waals surface area contributed by atoms with Gasteiger partial charge in [0.2, 0.25) is 5.91 Å². The lowest BCUT2D eigenvalue weighted by molar-refractivity contribution is -0.121. The summed E-state index contributed by atoms with van der Waals surface area (Å²) in [5, 5.41) is 4.85. The van der Waals surface area contributed by atoms with Crippen molar-refractivity contribution in [1.29, 1.82) is 0 Å². The predicted octanol–water partition coefficient (Wildman–Crippen LogP) is 0.564. The van der Waals surface area contributed by atoms with Crippen molar-refractivity contribution in [2.75, 3.05) is 26.2 Å². The van der Waals surface area contributed by atoms with Crippen molar-refractivity contribution in [3.8, 4) is 0 Å². The number of imide groups is 1. The third-order valence-electron chi connectivity index (χ3n) is 2.70. The third-order valence-corrected chi connectivity index (χ3v) is 2.70. The Morgan fingerprint density at radius 2 is 2.19 bits per heavy atom. The number of nitrogens with zero attached hydrogens (tertiary/aromatic N) is 1. The Morgan fingerprint density at radius 1 is 1.44 bits per heavy atom. The maximum atomic E-state index is 11.5. The van der Waals surface area contributed by atoms with Crippen LogP contribution in [0.5, 0.6) is 0 Å². The van der Waals surface area contributed by atoms with Crippen molar-refractivity contribution < 1.29 is 9.59 Å². The average Bonchev–Trinajstić information content (AvgIpc) is 2.17. The average molecular weight is 227 g/mol. The molecule has 0 spiro atoms. The Bertz CT molecular complexity index is 256. The fraction of sp³-hybridized carbons (Fsp3) is 0.818. The van der Waals surface area contributed by atoms with Gasteiger partial charge in [0.25, 0.3) is 0 Å². The summed E-state index contributed by atoms with van der Waals surface area (Å²) in [5.41, 5.74) is 0. The molecule has 16 heavy (non-hydrogen) atoms. The standard InChI is InChI=1S/C11H21N3O2/c1-3-12-11(16)13-10(15)8-14-6-4-5-9(2)7-14/h9H,3-8H2,1-2H3,(H2,12,13,15,16)/t9-/m0/s1. The van der Waals surface area contributed by atoms with Crippen molar-refractivity contribution in [2.24, 2.45) is 5.92 Å². The van der Waals surface area contributed by atoms with Crippen LogP contribution >= 0.6 is 0 Å². The molecule has 0 aromatic rings. The number of carbonyl (C=O) groups excluding carboxylic acids is 2. The molecular weight excluding hydrogens is 206 g/mol. The van der Waals surface area contributed by atoms with Gasteiger partial charge in [0.05, 0.1) is 6.54 Å². The Hall–Kier alpha value is -1.10. The Kier molecular flexibility index (Phi) is 5.25. The van der Waals surface area contributed by atoms with Crippen LogP contribution in [-0.2, 0) is 4.79 Å². The number of carbonyl (C=O) groups is 2. The van der Waals surface area contributed by atoms with Crippen molar-refractivity contribution in [3.63, 3.8) is 0 Å². The van der Waals surface area contributed by atoms with Crippen LogP contribution in [0.25, 0.3) is 0 Å². The molecule has 1 aliphatic rings. The molecule has 0 aliphatic carbocycles. The number of rotatable bonds is 3. The van der Waals surface area contributed by atoms with E-state index >= 15 is 0 Å². The van der Waals surface area contributed by atoms with E-state index in [1.165, 1.54) is 6.42 Å². The maximum absolute atomic E-state index is 11.5. The van der Waals surface area contributed by atoms with Gasteiger partial charge < -0.3 is 5.32 Å². The number of nitrogens with one attached hydrogen (secondary N) is 2. The molecule has 0 saturated carbocycles. The summed E-state index contributed by atoms with van der Waals surface area (Å²) in [4.78, 5) is 24.7. The van der Waals surface area contributed by atoms with Crippen molar-refractivity contribution >= 4 is 11.9 Å². The van der Waals surface area contributed by atoms with Crippen LogP contribution in [0.3, 0.4) is 0 Å². The second-order valence-electron chi connectivity index (χ2n) is 4.39. The number of hydrogen-bond donors (Lipinski definition) is 2. The van der Waals surface area contributed by atoms with Gasteiger partial charge in [0, 0.05) is 13.1 Å². The Labute approximate surface area is 96.6 Å². The highest BCUT2D eigenvalue weighted by molar-refractivity contribution is 5.95. The van der Waals surface area contributed by atoms with Gasteiger partial charge in [-0.1, -0.05) is 6.92 Å². The molecule has 2 N–H and O–H groups in total. The first kappa shape index (κ1) is 13.0. The molecule has 1 fully saturated rings. The second kappa shape index (κ2) is 6.48. The van der Waals surface area contributed by atoms with Gasteiger partial charge in [0.15, 0.2) is 0 Å². The summed E-state index contributed by atoms with van der Waals surface area (Å²) < 4.78 is 0. The Balaban J connectivity index is 2.25. The van der Waals surface area contributed by atoms with Crippen LogP contribution in [0.15, 0.2) is 0 Å². The molecule has 0 radical (unpaired) electrons. The fourth-order valence-corrected chi connectivity index (χ4v) is 2.00. The number of hydrogen-bond acceptors (Lipinski definition) is 3. The number of piperidine rings is 1. The van der Waals surface area contributed by atoms with E-state index in [4.69, 9.17) is 0 Å². The smallest absolute Gasteiger partial charge is 0.321 e. The van der Waals surface area contributed by atoms with Crippen LogP contribution in [0.2, 0.25) is 0 Å². The molecule has 0 unspecified atom stereocenters. The summed E-state index contributed by atoms with van der Waals surface area (Å²) in [7, 11) is 0. The lowest BCUT2D eigenvalue weighted by Gasteiger charge is -2.29. The molecule has 3 amide bonds. The second-order valence-corrected chi connectivity index (χ2v) is 4.39. The topological polar surface area (TPSA) is 61.4 Å². The zero-order valence-corrected chi connectivity index (χ0v) is 10.1. The summed E-state index contributed by atoms with van der Waals surface area (Å²) in [6.07, 6.45) is 2.37. The SMILES string of the molecule is CCNC(=O)NC(=O)CN1CCC[C@H](C)C1. The first-order chi connectivity index (χ1) is 7.61. The van der Waals surface area contributed by atoms with Gasteiger partial charge in [-0.25, -0.2) is 4.79 Å². The monoisotopic (exact) mass is 227 g/mol. The lowest BCUT2D eigenvalue weighted by atomic mass is 10.0. The highest BCUT2D eigenvalue weighted by atomic mass is 16.2. The van der Waals surface area contributed by atoms with Crippen LogP contribution in [0, 0.1) is 5.92 Å². The van der Waals surface area contributed by atoms with E-state index in [-0.39, 0.29) is 5.91 Å². The maximum Gasteiger partial charge on any atom is 0.321 e. The van der Waals surface area contributed by atoms with E-state index in [2.05, 4.69) is 22.5 Å². The zero-order valence-electron chi connectivity index (χ0n) is 10.1. The third kappa shape index (κ3) is 4.61. The summed E-state index contributed by atoms with van der Waals surface area (Å²) in [6, 6.07) is -0.405. The molecule has 1 heterocycles. The number of likely N-dealkylation sites (tertiary alicyclic amines) is 1. The molecule has 0 aromatic carbocycles. The minimum Gasteiger partial charge on any atom is -0.338 e. The molecule has 0 aromatic heterocycles. The predicted molar refractivity (Wildman–Crippen MR) is 62.1 cm³/mol. The summed E-state index contributed by atoms with van der Waals surface area (Å²) >= 11 is 0.